The van der Waals surface area contributed by atoms with Crippen molar-refractivity contribution in [2.45, 2.75) is 31.0 Å². The summed E-state index contributed by atoms with van der Waals surface area (Å²) in [5.74, 6) is 0. The van der Waals surface area contributed by atoms with Gasteiger partial charge in [0.15, 0.2) is 0 Å². The molecule has 0 unspecified atom stereocenters. The molecule has 2 aromatic heterocycles. The average molecular weight is 322 g/mol. The molecule has 22 heavy (non-hydrogen) atoms. The first-order valence-electron chi connectivity index (χ1n) is 7.13. The summed E-state index contributed by atoms with van der Waals surface area (Å²) < 4.78 is 34.6. The largest absolute Gasteiger partial charge is 0.375 e. The quantitative estimate of drug-likeness (QED) is 0.835. The zero-order chi connectivity index (χ0) is 15.6. The predicted molar refractivity (Wildman–Crippen MR) is 79.5 cm³/mol. The van der Waals surface area contributed by atoms with Crippen LogP contribution in [0.2, 0.25) is 0 Å². The second-order valence-electron chi connectivity index (χ2n) is 5.07. The number of rotatable bonds is 4. The molecule has 0 radical (unpaired) electrons. The Morgan fingerprint density at radius 2 is 2.18 bits per heavy atom. The molecule has 1 atom stereocenters. The van der Waals surface area contributed by atoms with Crippen molar-refractivity contribution in [2.24, 2.45) is 0 Å². The molecule has 0 aliphatic carbocycles. The lowest BCUT2D eigenvalue weighted by Crippen LogP contribution is -2.37. The molecule has 2 aromatic rings. The first-order valence-corrected chi connectivity index (χ1v) is 8.57. The second-order valence-corrected chi connectivity index (χ2v) is 7.01. The van der Waals surface area contributed by atoms with Gasteiger partial charge in [0, 0.05) is 31.7 Å². The number of fused-ring (bicyclic) bond motifs is 1. The first-order chi connectivity index (χ1) is 10.6. The molecule has 3 heterocycles. The van der Waals surface area contributed by atoms with E-state index in [1.807, 2.05) is 13.0 Å². The molecule has 0 fully saturated rings. The molecule has 0 saturated carbocycles. The maximum atomic E-state index is 12.8. The van der Waals surface area contributed by atoms with Crippen molar-refractivity contribution >= 4 is 10.0 Å². The summed E-state index contributed by atoms with van der Waals surface area (Å²) in [5, 5.41) is 4.24. The van der Waals surface area contributed by atoms with Crippen LogP contribution in [-0.2, 0) is 27.8 Å². The lowest BCUT2D eigenvalue weighted by Gasteiger charge is -2.23. The lowest BCUT2D eigenvalue weighted by molar-refractivity contribution is 0.0404. The van der Waals surface area contributed by atoms with E-state index in [-0.39, 0.29) is 17.5 Å². The fraction of sp³-hybridized carbons (Fsp3) is 0.429. The molecule has 0 saturated heterocycles. The van der Waals surface area contributed by atoms with Crippen LogP contribution in [0.3, 0.4) is 0 Å². The standard InChI is InChI=1S/C14H18N4O3S/c1-2-21-13-10-17(9-12-5-7-16-18(12)11-13)22(19,20)14-4-3-6-15-8-14/h3-8,13H,2,9-11H2,1H3/t13-/m1/s1. The van der Waals surface area contributed by atoms with Crippen molar-refractivity contribution in [1.82, 2.24) is 19.1 Å². The minimum absolute atomic E-state index is 0.193. The minimum Gasteiger partial charge on any atom is -0.375 e. The van der Waals surface area contributed by atoms with Crippen LogP contribution < -0.4 is 0 Å². The Balaban J connectivity index is 1.95. The van der Waals surface area contributed by atoms with Gasteiger partial charge in [0.05, 0.1) is 24.9 Å². The zero-order valence-corrected chi connectivity index (χ0v) is 13.1. The van der Waals surface area contributed by atoms with E-state index in [4.69, 9.17) is 4.74 Å². The molecular weight excluding hydrogens is 304 g/mol. The molecule has 0 N–H and O–H groups in total. The van der Waals surface area contributed by atoms with Gasteiger partial charge in [-0.25, -0.2) is 8.42 Å². The van der Waals surface area contributed by atoms with Gasteiger partial charge < -0.3 is 4.74 Å². The van der Waals surface area contributed by atoms with E-state index in [1.54, 1.807) is 29.2 Å². The van der Waals surface area contributed by atoms with Crippen LogP contribution >= 0.6 is 0 Å². The summed E-state index contributed by atoms with van der Waals surface area (Å²) in [6, 6.07) is 5.01. The Morgan fingerprint density at radius 1 is 1.32 bits per heavy atom. The fourth-order valence-corrected chi connectivity index (χ4v) is 3.96. The molecule has 118 valence electrons. The highest BCUT2D eigenvalue weighted by molar-refractivity contribution is 7.89. The van der Waals surface area contributed by atoms with E-state index in [2.05, 4.69) is 10.1 Å². The maximum absolute atomic E-state index is 12.8. The molecule has 7 nitrogen and oxygen atoms in total. The van der Waals surface area contributed by atoms with E-state index in [1.165, 1.54) is 10.5 Å². The molecule has 1 aliphatic heterocycles. The highest BCUT2D eigenvalue weighted by Gasteiger charge is 2.31. The van der Waals surface area contributed by atoms with Crippen molar-refractivity contribution in [2.75, 3.05) is 13.2 Å². The van der Waals surface area contributed by atoms with Gasteiger partial charge >= 0.3 is 0 Å². The molecule has 0 spiro atoms. The monoisotopic (exact) mass is 322 g/mol. The van der Waals surface area contributed by atoms with Gasteiger partial charge in [-0.05, 0) is 25.1 Å². The van der Waals surface area contributed by atoms with Gasteiger partial charge in [-0.3, -0.25) is 9.67 Å². The third-order valence-electron chi connectivity index (χ3n) is 3.60. The van der Waals surface area contributed by atoms with Gasteiger partial charge in [-0.1, -0.05) is 0 Å². The molecule has 8 heteroatoms. The Kier molecular flexibility index (Phi) is 4.23. The summed E-state index contributed by atoms with van der Waals surface area (Å²) >= 11 is 0. The molecule has 1 aliphatic rings. The Bertz CT molecular complexity index is 730. The summed E-state index contributed by atoms with van der Waals surface area (Å²) in [7, 11) is -3.61. The van der Waals surface area contributed by atoms with Crippen LogP contribution in [0.15, 0.2) is 41.7 Å². The van der Waals surface area contributed by atoms with E-state index < -0.39 is 10.0 Å². The third-order valence-corrected chi connectivity index (χ3v) is 5.40. The van der Waals surface area contributed by atoms with E-state index >= 15 is 0 Å². The number of nitrogens with zero attached hydrogens (tertiary/aromatic N) is 4. The van der Waals surface area contributed by atoms with Gasteiger partial charge in [-0.15, -0.1) is 0 Å². The lowest BCUT2D eigenvalue weighted by atomic mass is 10.3. The summed E-state index contributed by atoms with van der Waals surface area (Å²) in [4.78, 5) is 4.10. The van der Waals surface area contributed by atoms with E-state index in [0.717, 1.165) is 5.69 Å². The van der Waals surface area contributed by atoms with Crippen LogP contribution in [0, 0.1) is 0 Å². The topological polar surface area (TPSA) is 77.3 Å². The van der Waals surface area contributed by atoms with Crippen LogP contribution in [0.5, 0.6) is 0 Å². The van der Waals surface area contributed by atoms with E-state index in [9.17, 15) is 8.42 Å². The summed E-state index contributed by atoms with van der Waals surface area (Å²) in [6.45, 7) is 3.56. The number of hydrogen-bond donors (Lipinski definition) is 0. The molecule has 0 bridgehead atoms. The van der Waals surface area contributed by atoms with Crippen molar-refractivity contribution < 1.29 is 13.2 Å². The fourth-order valence-electron chi connectivity index (χ4n) is 2.55. The highest BCUT2D eigenvalue weighted by Crippen LogP contribution is 2.21. The number of ether oxygens (including phenoxy) is 1. The van der Waals surface area contributed by atoms with E-state index in [0.29, 0.717) is 19.7 Å². The Morgan fingerprint density at radius 3 is 2.91 bits per heavy atom. The number of hydrogen-bond acceptors (Lipinski definition) is 5. The normalized spacial score (nSPS) is 19.6. The number of sulfonamides is 1. The van der Waals surface area contributed by atoms with Crippen LogP contribution in [0.1, 0.15) is 12.6 Å². The highest BCUT2D eigenvalue weighted by atomic mass is 32.2. The predicted octanol–water partition coefficient (Wildman–Crippen LogP) is 0.888. The van der Waals surface area contributed by atoms with Gasteiger partial charge in [0.25, 0.3) is 0 Å². The van der Waals surface area contributed by atoms with Crippen molar-refractivity contribution in [3.8, 4) is 0 Å². The summed E-state index contributed by atoms with van der Waals surface area (Å²) in [6.07, 6.45) is 4.38. The minimum atomic E-state index is -3.61. The van der Waals surface area contributed by atoms with Gasteiger partial charge in [0.2, 0.25) is 10.0 Å². The number of pyridine rings is 1. The van der Waals surface area contributed by atoms with Crippen LogP contribution in [0.25, 0.3) is 0 Å². The SMILES string of the molecule is CCO[C@@H]1CN(S(=O)(=O)c2cccnc2)Cc2ccnn2C1. The molecule has 0 amide bonds. The Hall–Kier alpha value is -1.77. The molecule has 0 aromatic carbocycles. The Labute approximate surface area is 129 Å². The summed E-state index contributed by atoms with van der Waals surface area (Å²) in [5.41, 5.74) is 0.856. The van der Waals surface area contributed by atoms with Gasteiger partial charge in [-0.2, -0.15) is 9.40 Å². The third kappa shape index (κ3) is 2.90. The maximum Gasteiger partial charge on any atom is 0.245 e. The number of aromatic nitrogens is 3. The molecular formula is C14H18N4O3S. The second kappa shape index (κ2) is 6.15. The molecule has 3 rings (SSSR count). The van der Waals surface area contributed by atoms with Crippen molar-refractivity contribution in [3.63, 3.8) is 0 Å². The smallest absolute Gasteiger partial charge is 0.245 e. The van der Waals surface area contributed by atoms with Crippen molar-refractivity contribution in [3.05, 3.63) is 42.5 Å². The average Bonchev–Trinajstić information content (AvgIpc) is 2.87. The first kappa shape index (κ1) is 15.1. The van der Waals surface area contributed by atoms with Crippen LogP contribution in [0.4, 0.5) is 0 Å². The van der Waals surface area contributed by atoms with Gasteiger partial charge in [0.1, 0.15) is 4.90 Å². The van der Waals surface area contributed by atoms with Crippen LogP contribution in [-0.4, -0.2) is 46.7 Å². The van der Waals surface area contributed by atoms with Crippen molar-refractivity contribution in [1.29, 1.82) is 0 Å². The zero-order valence-electron chi connectivity index (χ0n) is 12.3.